The van der Waals surface area contributed by atoms with Gasteiger partial charge in [-0.2, -0.15) is 0 Å². The molecule has 0 saturated heterocycles. The van der Waals surface area contributed by atoms with Crippen molar-refractivity contribution in [3.8, 4) is 0 Å². The van der Waals surface area contributed by atoms with Crippen molar-refractivity contribution in [1.29, 1.82) is 0 Å². The fourth-order valence-electron chi connectivity index (χ4n) is 0.748. The molecule has 0 heterocycles. The zero-order valence-electron chi connectivity index (χ0n) is 6.39. The highest BCUT2D eigenvalue weighted by atomic mass is 16.5. The van der Waals surface area contributed by atoms with Crippen LogP contribution in [0.4, 0.5) is 0 Å². The number of hydrogen-bond acceptors (Lipinski definition) is 2. The highest BCUT2D eigenvalue weighted by molar-refractivity contribution is 4.51. The molecule has 0 aliphatic rings. The van der Waals surface area contributed by atoms with Gasteiger partial charge in [-0.1, -0.05) is 6.92 Å². The van der Waals surface area contributed by atoms with E-state index < -0.39 is 0 Å². The number of hydrogen-bond donors (Lipinski definition) is 1. The van der Waals surface area contributed by atoms with Gasteiger partial charge in [0.2, 0.25) is 0 Å². The van der Waals surface area contributed by atoms with Gasteiger partial charge in [0, 0.05) is 13.7 Å². The Kier molecular flexibility index (Phi) is 5.99. The normalized spacial score (nSPS) is 13.7. The van der Waals surface area contributed by atoms with Crippen molar-refractivity contribution >= 4 is 0 Å². The molecule has 0 spiro atoms. The predicted molar refractivity (Wildman–Crippen MR) is 39.3 cm³/mol. The molecule has 0 aromatic rings. The average Bonchev–Trinajstić information content (AvgIpc) is 1.85. The Balaban J connectivity index is 2.95. The van der Waals surface area contributed by atoms with E-state index in [1.54, 1.807) is 7.11 Å². The summed E-state index contributed by atoms with van der Waals surface area (Å²) in [6.45, 7) is 3.86. The van der Waals surface area contributed by atoms with Crippen molar-refractivity contribution in [3.63, 3.8) is 0 Å². The van der Waals surface area contributed by atoms with Crippen LogP contribution in [0.3, 0.4) is 0 Å². The van der Waals surface area contributed by atoms with Crippen molar-refractivity contribution < 1.29 is 4.74 Å². The van der Waals surface area contributed by atoms with Crippen LogP contribution in [-0.2, 0) is 4.74 Å². The zero-order valence-corrected chi connectivity index (χ0v) is 6.39. The lowest BCUT2D eigenvalue weighted by atomic mass is 10.1. The lowest BCUT2D eigenvalue weighted by molar-refractivity contribution is 0.179. The topological polar surface area (TPSA) is 35.2 Å². The molecule has 1 unspecified atom stereocenters. The molecule has 2 N–H and O–H groups in total. The second kappa shape index (κ2) is 6.05. The van der Waals surface area contributed by atoms with Gasteiger partial charge in [0.15, 0.2) is 0 Å². The first-order chi connectivity index (χ1) is 4.31. The van der Waals surface area contributed by atoms with E-state index in [-0.39, 0.29) is 0 Å². The van der Waals surface area contributed by atoms with Crippen LogP contribution < -0.4 is 5.73 Å². The van der Waals surface area contributed by atoms with Gasteiger partial charge in [0.05, 0.1) is 0 Å². The summed E-state index contributed by atoms with van der Waals surface area (Å²) >= 11 is 0. The van der Waals surface area contributed by atoms with E-state index in [2.05, 4.69) is 6.92 Å². The molecule has 2 heteroatoms. The van der Waals surface area contributed by atoms with E-state index in [4.69, 9.17) is 10.5 Å². The summed E-state index contributed by atoms with van der Waals surface area (Å²) in [6.07, 6.45) is 2.25. The zero-order chi connectivity index (χ0) is 7.11. The second-order valence-electron chi connectivity index (χ2n) is 2.46. The van der Waals surface area contributed by atoms with Crippen molar-refractivity contribution in [2.75, 3.05) is 20.3 Å². The first-order valence-electron chi connectivity index (χ1n) is 3.50. The van der Waals surface area contributed by atoms with Gasteiger partial charge in [-0.05, 0) is 25.3 Å². The monoisotopic (exact) mass is 131 g/mol. The summed E-state index contributed by atoms with van der Waals surface area (Å²) in [7, 11) is 1.73. The van der Waals surface area contributed by atoms with E-state index in [0.717, 1.165) is 31.9 Å². The quantitative estimate of drug-likeness (QED) is 0.604. The van der Waals surface area contributed by atoms with Gasteiger partial charge >= 0.3 is 0 Å². The molecule has 0 fully saturated rings. The molecule has 1 atom stereocenters. The standard InChI is InChI=1S/C7H17NO/c1-7(3-5-8)4-6-9-2/h7H,3-6,8H2,1-2H3. The molecule has 0 saturated carbocycles. The Morgan fingerprint density at radius 1 is 1.44 bits per heavy atom. The van der Waals surface area contributed by atoms with Crippen LogP contribution in [0.2, 0.25) is 0 Å². The van der Waals surface area contributed by atoms with E-state index in [0.29, 0.717) is 0 Å². The molecule has 9 heavy (non-hydrogen) atoms. The van der Waals surface area contributed by atoms with Crippen LogP contribution in [0.25, 0.3) is 0 Å². The highest BCUT2D eigenvalue weighted by Crippen LogP contribution is 2.04. The maximum Gasteiger partial charge on any atom is 0.0464 e. The molecule has 0 aliphatic heterocycles. The molecule has 0 radical (unpaired) electrons. The maximum absolute atomic E-state index is 5.36. The van der Waals surface area contributed by atoms with Crippen LogP contribution in [0.15, 0.2) is 0 Å². The van der Waals surface area contributed by atoms with Gasteiger partial charge < -0.3 is 10.5 Å². The van der Waals surface area contributed by atoms with Crippen LogP contribution in [0.5, 0.6) is 0 Å². The number of ether oxygens (including phenoxy) is 1. The largest absolute Gasteiger partial charge is 0.385 e. The van der Waals surface area contributed by atoms with E-state index in [1.165, 1.54) is 0 Å². The lowest BCUT2D eigenvalue weighted by Gasteiger charge is -2.07. The number of rotatable bonds is 5. The van der Waals surface area contributed by atoms with Crippen LogP contribution in [-0.4, -0.2) is 20.3 Å². The van der Waals surface area contributed by atoms with E-state index in [1.807, 2.05) is 0 Å². The lowest BCUT2D eigenvalue weighted by Crippen LogP contribution is -2.07. The summed E-state index contributed by atoms with van der Waals surface area (Å²) in [5.74, 6) is 0.718. The van der Waals surface area contributed by atoms with Crippen LogP contribution in [0, 0.1) is 5.92 Å². The summed E-state index contributed by atoms with van der Waals surface area (Å²) in [5, 5.41) is 0. The summed E-state index contributed by atoms with van der Waals surface area (Å²) < 4.78 is 4.92. The molecule has 0 aromatic carbocycles. The Hall–Kier alpha value is -0.0800. The molecule has 0 aliphatic carbocycles. The van der Waals surface area contributed by atoms with Crippen LogP contribution in [0.1, 0.15) is 19.8 Å². The van der Waals surface area contributed by atoms with Crippen molar-refractivity contribution in [2.45, 2.75) is 19.8 Å². The Morgan fingerprint density at radius 3 is 2.56 bits per heavy atom. The summed E-state index contributed by atoms with van der Waals surface area (Å²) in [4.78, 5) is 0. The molecule has 2 nitrogen and oxygen atoms in total. The third kappa shape index (κ3) is 5.80. The molecule has 56 valence electrons. The fraction of sp³-hybridized carbons (Fsp3) is 1.00. The van der Waals surface area contributed by atoms with Crippen molar-refractivity contribution in [1.82, 2.24) is 0 Å². The van der Waals surface area contributed by atoms with Gasteiger partial charge in [-0.3, -0.25) is 0 Å². The second-order valence-corrected chi connectivity index (χ2v) is 2.46. The smallest absolute Gasteiger partial charge is 0.0464 e. The molecular formula is C7H17NO. The molecule has 0 aromatic heterocycles. The molecule has 0 amide bonds. The Bertz CT molecular complexity index is 56.9. The number of nitrogens with two attached hydrogens (primary N) is 1. The molecular weight excluding hydrogens is 114 g/mol. The maximum atomic E-state index is 5.36. The van der Waals surface area contributed by atoms with Gasteiger partial charge in [-0.25, -0.2) is 0 Å². The van der Waals surface area contributed by atoms with Crippen molar-refractivity contribution in [3.05, 3.63) is 0 Å². The predicted octanol–water partition coefficient (Wildman–Crippen LogP) is 1.01. The Labute approximate surface area is 57.4 Å². The minimum absolute atomic E-state index is 0.718. The molecule has 0 rings (SSSR count). The number of methoxy groups -OCH3 is 1. The van der Waals surface area contributed by atoms with E-state index >= 15 is 0 Å². The average molecular weight is 131 g/mol. The Morgan fingerprint density at radius 2 is 2.11 bits per heavy atom. The fourth-order valence-corrected chi connectivity index (χ4v) is 0.748. The van der Waals surface area contributed by atoms with Crippen molar-refractivity contribution in [2.24, 2.45) is 11.7 Å². The van der Waals surface area contributed by atoms with Gasteiger partial charge in [0.25, 0.3) is 0 Å². The third-order valence-electron chi connectivity index (χ3n) is 1.47. The minimum atomic E-state index is 0.718. The first-order valence-corrected chi connectivity index (χ1v) is 3.50. The van der Waals surface area contributed by atoms with Crippen LogP contribution >= 0.6 is 0 Å². The SMILES string of the molecule is COCCC(C)CCN. The molecule has 0 bridgehead atoms. The van der Waals surface area contributed by atoms with E-state index in [9.17, 15) is 0 Å². The van der Waals surface area contributed by atoms with Gasteiger partial charge in [0.1, 0.15) is 0 Å². The summed E-state index contributed by atoms with van der Waals surface area (Å²) in [6, 6.07) is 0. The highest BCUT2D eigenvalue weighted by Gasteiger charge is 1.98. The summed E-state index contributed by atoms with van der Waals surface area (Å²) in [5.41, 5.74) is 5.36. The first kappa shape index (κ1) is 8.92. The third-order valence-corrected chi connectivity index (χ3v) is 1.47. The minimum Gasteiger partial charge on any atom is -0.385 e. The van der Waals surface area contributed by atoms with Gasteiger partial charge in [-0.15, -0.1) is 0 Å².